The van der Waals surface area contributed by atoms with E-state index in [0.717, 1.165) is 0 Å². The fraction of sp³-hybridized carbons (Fsp3) is 0.824. The molecule has 0 bridgehead atoms. The number of carbonyl (C=O) groups excluding carboxylic acids is 3. The summed E-state index contributed by atoms with van der Waals surface area (Å²) in [5, 5.41) is 42.7. The Morgan fingerprint density at radius 3 is 1.14 bits per heavy atom. The first-order valence-corrected chi connectivity index (χ1v) is 9.32. The number of hydrogen-bond acceptors (Lipinski definition) is 11. The fourth-order valence-electron chi connectivity index (χ4n) is 3.16. The Labute approximate surface area is 164 Å². The molecule has 0 amide bonds. The van der Waals surface area contributed by atoms with Gasteiger partial charge in [-0.05, 0) is 6.92 Å². The van der Waals surface area contributed by atoms with E-state index in [-0.39, 0.29) is 32.7 Å². The van der Waals surface area contributed by atoms with E-state index in [1.165, 1.54) is 0 Å². The predicted octanol–water partition coefficient (Wildman–Crippen LogP) is -6.16. The van der Waals surface area contributed by atoms with Gasteiger partial charge in [0.1, 0.15) is 0 Å². The molecule has 0 aromatic rings. The molecule has 0 saturated carbocycles. The van der Waals surface area contributed by atoms with Crippen molar-refractivity contribution in [2.45, 2.75) is 13.0 Å². The second kappa shape index (κ2) is 12.6. The number of aliphatic hydroxyl groups excluding tert-OH is 1. The van der Waals surface area contributed by atoms with Gasteiger partial charge in [0.05, 0.1) is 24.0 Å². The minimum atomic E-state index is -1.26. The average molecular weight is 401 g/mol. The maximum absolute atomic E-state index is 11.0. The van der Waals surface area contributed by atoms with Crippen molar-refractivity contribution in [3.05, 3.63) is 0 Å². The largest absolute Gasteiger partial charge is 0.549 e. The van der Waals surface area contributed by atoms with Crippen molar-refractivity contribution in [1.29, 1.82) is 0 Å². The van der Waals surface area contributed by atoms with Gasteiger partial charge in [0.2, 0.25) is 0 Å². The number of nitrogens with zero attached hydrogens (tertiary/aromatic N) is 4. The number of aliphatic hydroxyl groups is 1. The highest BCUT2D eigenvalue weighted by atomic mass is 16.4. The lowest BCUT2D eigenvalue weighted by Crippen LogP contribution is -2.51. The number of carboxylic acids is 3. The number of hydrogen-bond donors (Lipinski definition) is 1. The Morgan fingerprint density at radius 1 is 0.679 bits per heavy atom. The first-order valence-electron chi connectivity index (χ1n) is 9.32. The average Bonchev–Trinajstić information content (AvgIpc) is 2.55. The van der Waals surface area contributed by atoms with E-state index in [0.29, 0.717) is 45.8 Å². The summed E-state index contributed by atoms with van der Waals surface area (Å²) in [5.41, 5.74) is 0. The monoisotopic (exact) mass is 401 g/mol. The second-order valence-corrected chi connectivity index (χ2v) is 7.09. The Morgan fingerprint density at radius 2 is 0.929 bits per heavy atom. The summed E-state index contributed by atoms with van der Waals surface area (Å²) < 4.78 is 0. The zero-order valence-corrected chi connectivity index (χ0v) is 16.2. The first-order chi connectivity index (χ1) is 13.2. The van der Waals surface area contributed by atoms with Gasteiger partial charge in [0.15, 0.2) is 0 Å². The van der Waals surface area contributed by atoms with Gasteiger partial charge < -0.3 is 34.8 Å². The number of β-amino-alcohol motifs (C(OH)–C–C–N with tert-alkyl or cyclic N) is 1. The summed E-state index contributed by atoms with van der Waals surface area (Å²) in [6.45, 7) is 4.04. The standard InChI is InChI=1S/C17H32N4O7/c1-14(22)10-18-2-4-19(11-15(23)24)6-8-21(13-17(27)28)9-7-20(5-3-18)12-16(25)26/h14,22H,2-13H2,1H3,(H,23,24)(H,25,26)(H,27,28)/p-3. The normalized spacial score (nSPS) is 20.8. The van der Waals surface area contributed by atoms with Crippen LogP contribution in [0.5, 0.6) is 0 Å². The fourth-order valence-corrected chi connectivity index (χ4v) is 3.16. The molecule has 1 unspecified atom stereocenters. The minimum absolute atomic E-state index is 0.279. The van der Waals surface area contributed by atoms with Crippen LogP contribution in [-0.4, -0.2) is 127 Å². The molecule has 1 fully saturated rings. The molecule has 11 nitrogen and oxygen atoms in total. The third kappa shape index (κ3) is 11.1. The molecular formula is C17H29N4O7-3. The van der Waals surface area contributed by atoms with Gasteiger partial charge in [-0.15, -0.1) is 0 Å². The van der Waals surface area contributed by atoms with Crippen LogP contribution in [0.25, 0.3) is 0 Å². The lowest BCUT2D eigenvalue weighted by molar-refractivity contribution is -0.308. The van der Waals surface area contributed by atoms with Crippen LogP contribution in [0.4, 0.5) is 0 Å². The van der Waals surface area contributed by atoms with Crippen LogP contribution in [0.2, 0.25) is 0 Å². The van der Waals surface area contributed by atoms with Crippen LogP contribution in [0.15, 0.2) is 0 Å². The van der Waals surface area contributed by atoms with Gasteiger partial charge >= 0.3 is 0 Å². The Bertz CT molecular complexity index is 486. The zero-order chi connectivity index (χ0) is 21.1. The first kappa shape index (κ1) is 24.2. The molecule has 1 N–H and O–H groups in total. The number of carbonyl (C=O) groups is 3. The van der Waals surface area contributed by atoms with Crippen molar-refractivity contribution in [2.75, 3.05) is 78.5 Å². The lowest BCUT2D eigenvalue weighted by atomic mass is 10.3. The van der Waals surface area contributed by atoms with Gasteiger partial charge in [-0.2, -0.15) is 0 Å². The molecular weight excluding hydrogens is 372 g/mol. The smallest absolute Gasteiger partial charge is 0.0639 e. The van der Waals surface area contributed by atoms with E-state index in [1.807, 2.05) is 4.90 Å². The molecule has 1 rings (SSSR count). The zero-order valence-electron chi connectivity index (χ0n) is 16.2. The molecule has 162 valence electrons. The predicted molar refractivity (Wildman–Crippen MR) is 92.5 cm³/mol. The minimum Gasteiger partial charge on any atom is -0.549 e. The molecule has 0 radical (unpaired) electrons. The van der Waals surface area contributed by atoms with Gasteiger partial charge in [0.25, 0.3) is 0 Å². The number of rotatable bonds is 8. The van der Waals surface area contributed by atoms with Crippen molar-refractivity contribution in [2.24, 2.45) is 0 Å². The van der Waals surface area contributed by atoms with Crippen LogP contribution in [0.3, 0.4) is 0 Å². The molecule has 11 heteroatoms. The number of carboxylic acid groups (broad SMARTS) is 3. The van der Waals surface area contributed by atoms with Crippen LogP contribution < -0.4 is 15.3 Å². The summed E-state index contributed by atoms with van der Waals surface area (Å²) in [6, 6.07) is 0. The summed E-state index contributed by atoms with van der Waals surface area (Å²) >= 11 is 0. The molecule has 0 spiro atoms. The third-order valence-corrected chi connectivity index (χ3v) is 4.51. The summed E-state index contributed by atoms with van der Waals surface area (Å²) in [6.07, 6.45) is -0.587. The molecule has 0 aliphatic carbocycles. The van der Waals surface area contributed by atoms with Gasteiger partial charge in [-0.3, -0.25) is 19.6 Å². The molecule has 1 saturated heterocycles. The van der Waals surface area contributed by atoms with Crippen molar-refractivity contribution >= 4 is 17.9 Å². The van der Waals surface area contributed by atoms with Crippen molar-refractivity contribution in [3.63, 3.8) is 0 Å². The van der Waals surface area contributed by atoms with E-state index in [9.17, 15) is 34.8 Å². The SMILES string of the molecule is CC(O)CN1CCN(CC(=O)[O-])CCN(CC(=O)[O-])CCN(CC(=O)[O-])CC1. The summed E-state index contributed by atoms with van der Waals surface area (Å²) in [5.74, 6) is -3.70. The molecule has 1 heterocycles. The van der Waals surface area contributed by atoms with Gasteiger partial charge in [-0.25, -0.2) is 0 Å². The van der Waals surface area contributed by atoms with E-state index in [4.69, 9.17) is 0 Å². The maximum atomic E-state index is 11.0. The highest BCUT2D eigenvalue weighted by Crippen LogP contribution is 2.01. The van der Waals surface area contributed by atoms with Crippen LogP contribution in [-0.2, 0) is 14.4 Å². The van der Waals surface area contributed by atoms with E-state index in [2.05, 4.69) is 0 Å². The van der Waals surface area contributed by atoms with Crippen LogP contribution in [0, 0.1) is 0 Å². The summed E-state index contributed by atoms with van der Waals surface area (Å²) in [4.78, 5) is 39.9. The highest BCUT2D eigenvalue weighted by molar-refractivity contribution is 5.67. The second-order valence-electron chi connectivity index (χ2n) is 7.09. The Hall–Kier alpha value is -1.79. The van der Waals surface area contributed by atoms with Crippen LogP contribution in [0.1, 0.15) is 6.92 Å². The molecule has 28 heavy (non-hydrogen) atoms. The summed E-state index contributed by atoms with van der Waals surface area (Å²) in [7, 11) is 0. The van der Waals surface area contributed by atoms with E-state index in [1.54, 1.807) is 21.6 Å². The molecule has 1 aliphatic heterocycles. The Balaban J connectivity index is 2.89. The molecule has 1 aliphatic rings. The molecule has 0 aromatic carbocycles. The van der Waals surface area contributed by atoms with Gasteiger partial charge in [-0.1, -0.05) is 0 Å². The van der Waals surface area contributed by atoms with Crippen molar-refractivity contribution in [1.82, 2.24) is 19.6 Å². The van der Waals surface area contributed by atoms with Crippen molar-refractivity contribution in [3.8, 4) is 0 Å². The Kier molecular flexibility index (Phi) is 10.9. The quantitative estimate of drug-likeness (QED) is 0.413. The molecule has 0 aromatic heterocycles. The van der Waals surface area contributed by atoms with Crippen molar-refractivity contribution < 1.29 is 34.8 Å². The molecule has 1 atom stereocenters. The van der Waals surface area contributed by atoms with Gasteiger partial charge in [0, 0.05) is 78.5 Å². The highest BCUT2D eigenvalue weighted by Gasteiger charge is 2.17. The topological polar surface area (TPSA) is 154 Å². The number of aliphatic carboxylic acids is 3. The van der Waals surface area contributed by atoms with E-state index >= 15 is 0 Å². The maximum Gasteiger partial charge on any atom is 0.0639 e. The van der Waals surface area contributed by atoms with E-state index < -0.39 is 24.0 Å². The lowest BCUT2D eigenvalue weighted by Gasteiger charge is -2.35. The third-order valence-electron chi connectivity index (χ3n) is 4.51. The van der Waals surface area contributed by atoms with Crippen LogP contribution >= 0.6 is 0 Å².